The Morgan fingerprint density at radius 2 is 2.00 bits per heavy atom. The number of anilines is 1. The average Bonchev–Trinajstić information content (AvgIpc) is 3.29. The quantitative estimate of drug-likeness (QED) is 0.206. The van der Waals surface area contributed by atoms with Crippen LogP contribution in [-0.2, 0) is 19.0 Å². The van der Waals surface area contributed by atoms with Crippen LogP contribution in [0.15, 0.2) is 36.9 Å². The number of hydrogen-bond donors (Lipinski definition) is 2. The molecule has 12 heteroatoms. The van der Waals surface area contributed by atoms with Gasteiger partial charge in [0.25, 0.3) is 5.91 Å². The molecule has 216 valence electrons. The predicted molar refractivity (Wildman–Crippen MR) is 155 cm³/mol. The summed E-state index contributed by atoms with van der Waals surface area (Å²) >= 11 is 2.65. The van der Waals surface area contributed by atoms with E-state index in [0.717, 1.165) is 11.8 Å². The number of amides is 2. The minimum atomic E-state index is -0.736. The van der Waals surface area contributed by atoms with Gasteiger partial charge in [-0.05, 0) is 75.6 Å². The maximum Gasteiger partial charge on any atom is 0.410 e. The minimum Gasteiger partial charge on any atom is -0.467 e. The lowest BCUT2D eigenvalue weighted by molar-refractivity contribution is -0.142. The molecule has 2 amide bonds. The SMILES string of the molecule is C=CCOC(=O)N1CC(SC(=O)OC(C)(C)C)C[C@H]1CNc1cccc(C(=O)NC(CCSC)C(=O)OC)c1. The lowest BCUT2D eigenvalue weighted by Gasteiger charge is -2.24. The van der Waals surface area contributed by atoms with Gasteiger partial charge in [-0.2, -0.15) is 11.8 Å². The van der Waals surface area contributed by atoms with Crippen molar-refractivity contribution < 1.29 is 33.4 Å². The number of hydrogen-bond acceptors (Lipinski definition) is 10. The fourth-order valence-corrected chi connectivity index (χ4v) is 5.47. The zero-order valence-corrected chi connectivity index (χ0v) is 24.8. The van der Waals surface area contributed by atoms with Crippen LogP contribution in [0.1, 0.15) is 44.0 Å². The van der Waals surface area contributed by atoms with Crippen molar-refractivity contribution in [3.63, 3.8) is 0 Å². The molecule has 3 atom stereocenters. The second kappa shape index (κ2) is 15.7. The molecule has 0 spiro atoms. The van der Waals surface area contributed by atoms with Crippen molar-refractivity contribution in [2.45, 2.75) is 56.5 Å². The van der Waals surface area contributed by atoms with Gasteiger partial charge >= 0.3 is 17.4 Å². The molecule has 1 aromatic carbocycles. The van der Waals surface area contributed by atoms with Gasteiger partial charge in [0.15, 0.2) is 0 Å². The van der Waals surface area contributed by atoms with Crippen LogP contribution < -0.4 is 10.6 Å². The lowest BCUT2D eigenvalue weighted by Crippen LogP contribution is -2.42. The molecule has 0 aromatic heterocycles. The maximum absolute atomic E-state index is 12.9. The number of rotatable bonds is 12. The summed E-state index contributed by atoms with van der Waals surface area (Å²) in [4.78, 5) is 51.6. The molecule has 39 heavy (non-hydrogen) atoms. The molecule has 2 rings (SSSR count). The first kappa shape index (κ1) is 32.4. The second-order valence-corrected chi connectivity index (χ2v) is 12.1. The van der Waals surface area contributed by atoms with Crippen molar-refractivity contribution in [1.29, 1.82) is 0 Å². The zero-order valence-electron chi connectivity index (χ0n) is 23.2. The molecule has 0 radical (unpaired) electrons. The maximum atomic E-state index is 12.9. The highest BCUT2D eigenvalue weighted by Gasteiger charge is 2.38. The van der Waals surface area contributed by atoms with E-state index in [9.17, 15) is 19.2 Å². The van der Waals surface area contributed by atoms with Crippen molar-refractivity contribution in [3.05, 3.63) is 42.5 Å². The summed E-state index contributed by atoms with van der Waals surface area (Å²) < 4.78 is 15.5. The Balaban J connectivity index is 2.07. The van der Waals surface area contributed by atoms with E-state index in [2.05, 4.69) is 17.2 Å². The fraction of sp³-hybridized carbons (Fsp3) is 0.556. The van der Waals surface area contributed by atoms with Crippen molar-refractivity contribution in [2.75, 3.05) is 44.1 Å². The summed E-state index contributed by atoms with van der Waals surface area (Å²) in [5.41, 5.74) is 0.448. The summed E-state index contributed by atoms with van der Waals surface area (Å²) in [7, 11) is 1.29. The molecule has 10 nitrogen and oxygen atoms in total. The lowest BCUT2D eigenvalue weighted by atomic mass is 10.1. The third-order valence-corrected chi connectivity index (χ3v) is 7.25. The molecular weight excluding hydrogens is 542 g/mol. The number of carbonyl (C=O) groups excluding carboxylic acids is 4. The van der Waals surface area contributed by atoms with Gasteiger partial charge in [0, 0.05) is 29.6 Å². The van der Waals surface area contributed by atoms with E-state index in [-0.39, 0.29) is 29.1 Å². The number of carbonyl (C=O) groups is 4. The van der Waals surface area contributed by atoms with E-state index >= 15 is 0 Å². The molecule has 1 aliphatic heterocycles. The highest BCUT2D eigenvalue weighted by molar-refractivity contribution is 8.13. The van der Waals surface area contributed by atoms with Crippen LogP contribution in [0, 0.1) is 0 Å². The first-order valence-electron chi connectivity index (χ1n) is 12.6. The molecule has 0 saturated carbocycles. The van der Waals surface area contributed by atoms with E-state index < -0.39 is 23.7 Å². The zero-order chi connectivity index (χ0) is 29.0. The fourth-order valence-electron chi connectivity index (χ4n) is 3.87. The van der Waals surface area contributed by atoms with Gasteiger partial charge in [0.05, 0.1) is 13.2 Å². The van der Waals surface area contributed by atoms with Gasteiger partial charge in [0.1, 0.15) is 18.2 Å². The number of ether oxygens (including phenoxy) is 3. The Morgan fingerprint density at radius 3 is 2.64 bits per heavy atom. The molecule has 1 heterocycles. The van der Waals surface area contributed by atoms with Gasteiger partial charge in [-0.1, -0.05) is 18.7 Å². The van der Waals surface area contributed by atoms with Crippen molar-refractivity contribution in [2.24, 2.45) is 0 Å². The molecule has 1 aromatic rings. The van der Waals surface area contributed by atoms with Crippen molar-refractivity contribution in [3.8, 4) is 0 Å². The number of methoxy groups -OCH3 is 1. The number of esters is 1. The number of likely N-dealkylation sites (tertiary alicyclic amines) is 1. The smallest absolute Gasteiger partial charge is 0.410 e. The van der Waals surface area contributed by atoms with Crippen LogP contribution in [-0.4, -0.2) is 89.9 Å². The van der Waals surface area contributed by atoms with Crippen molar-refractivity contribution in [1.82, 2.24) is 10.2 Å². The standard InChI is InChI=1S/C27H39N3O7S2/c1-7-12-36-25(33)30-17-21(39-26(34)37-27(2,3)4)15-20(30)16-28-19-10-8-9-18(14-19)23(31)29-22(11-13-38-6)24(32)35-5/h7-10,14,20-22,28H,1,11-13,15-17H2,2-6H3,(H,29,31)/t20-,21?,22?/m0/s1. The van der Waals surface area contributed by atoms with Crippen LogP contribution in [0.25, 0.3) is 0 Å². The summed E-state index contributed by atoms with van der Waals surface area (Å²) in [5.74, 6) is -0.184. The van der Waals surface area contributed by atoms with Gasteiger partial charge in [0.2, 0.25) is 0 Å². The summed E-state index contributed by atoms with van der Waals surface area (Å²) in [6.07, 6.45) is 3.95. The molecule has 0 aliphatic carbocycles. The Labute approximate surface area is 238 Å². The van der Waals surface area contributed by atoms with Crippen LogP contribution in [0.5, 0.6) is 0 Å². The van der Waals surface area contributed by atoms with Gasteiger partial charge < -0.3 is 29.7 Å². The first-order valence-corrected chi connectivity index (χ1v) is 14.9. The molecular formula is C27H39N3O7S2. The van der Waals surface area contributed by atoms with E-state index in [0.29, 0.717) is 42.9 Å². The number of nitrogens with zero attached hydrogens (tertiary/aromatic N) is 1. The summed E-state index contributed by atoms with van der Waals surface area (Å²) in [6.45, 7) is 9.79. The van der Waals surface area contributed by atoms with Gasteiger partial charge in [-0.3, -0.25) is 4.79 Å². The highest BCUT2D eigenvalue weighted by atomic mass is 32.2. The molecule has 1 fully saturated rings. The van der Waals surface area contributed by atoms with E-state index in [4.69, 9.17) is 14.2 Å². The molecule has 1 saturated heterocycles. The largest absolute Gasteiger partial charge is 0.467 e. The normalized spacial score (nSPS) is 17.6. The Hall–Kier alpha value is -2.86. The van der Waals surface area contributed by atoms with Crippen molar-refractivity contribution >= 4 is 52.5 Å². The average molecular weight is 582 g/mol. The Morgan fingerprint density at radius 1 is 1.26 bits per heavy atom. The number of benzene rings is 1. The van der Waals surface area contributed by atoms with Gasteiger partial charge in [-0.15, -0.1) is 0 Å². The van der Waals surface area contributed by atoms with Crippen LogP contribution in [0.4, 0.5) is 15.3 Å². The summed E-state index contributed by atoms with van der Waals surface area (Å²) in [5, 5.41) is 5.49. The third-order valence-electron chi connectivity index (χ3n) is 5.66. The molecule has 0 bridgehead atoms. The Bertz CT molecular complexity index is 1020. The topological polar surface area (TPSA) is 123 Å². The Kier molecular flexibility index (Phi) is 13.0. The van der Waals surface area contributed by atoms with E-state index in [1.165, 1.54) is 13.2 Å². The van der Waals surface area contributed by atoms with E-state index in [1.807, 2.05) is 12.3 Å². The number of thioether (sulfide) groups is 2. The molecule has 1 aliphatic rings. The van der Waals surface area contributed by atoms with Crippen LogP contribution in [0.3, 0.4) is 0 Å². The number of nitrogens with one attached hydrogen (secondary N) is 2. The summed E-state index contributed by atoms with van der Waals surface area (Å²) in [6, 6.07) is 5.89. The monoisotopic (exact) mass is 581 g/mol. The minimum absolute atomic E-state index is 0.0834. The van der Waals surface area contributed by atoms with E-state index in [1.54, 1.807) is 55.6 Å². The second-order valence-electron chi connectivity index (χ2n) is 9.90. The van der Waals surface area contributed by atoms with Crippen LogP contribution in [0.2, 0.25) is 0 Å². The predicted octanol–water partition coefficient (Wildman–Crippen LogP) is 4.56. The first-order chi connectivity index (χ1) is 18.5. The molecule has 2 unspecified atom stereocenters. The molecule has 2 N–H and O–H groups in total. The highest BCUT2D eigenvalue weighted by Crippen LogP contribution is 2.31. The van der Waals surface area contributed by atoms with Gasteiger partial charge in [-0.25, -0.2) is 14.4 Å². The third kappa shape index (κ3) is 11.0. The van der Waals surface area contributed by atoms with Crippen LogP contribution >= 0.6 is 23.5 Å².